The number of hydrogen-bond acceptors (Lipinski definition) is 11. The van der Waals surface area contributed by atoms with Crippen LogP contribution in [0.15, 0.2) is 18.8 Å². The van der Waals surface area contributed by atoms with Crippen LogP contribution in [0.5, 0.6) is 0 Å². The van der Waals surface area contributed by atoms with Crippen molar-refractivity contribution in [3.8, 4) is 0 Å². The zero-order valence-corrected chi connectivity index (χ0v) is 24.2. The number of ether oxygens (including phenoxy) is 1. The molecule has 164 valence electrons. The average molecular weight is 571 g/mol. The molecule has 2 aliphatic heterocycles. The minimum absolute atomic E-state index is 0.281. The highest BCUT2D eigenvalue weighted by atomic mass is 32.3. The Morgan fingerprint density at radius 3 is 2.20 bits per heavy atom. The van der Waals surface area contributed by atoms with E-state index >= 15 is 0 Å². The first kappa shape index (κ1) is 25.7. The van der Waals surface area contributed by atoms with Gasteiger partial charge in [0.15, 0.2) is 0 Å². The predicted molar refractivity (Wildman–Crippen MR) is 151 cm³/mol. The van der Waals surface area contributed by atoms with E-state index in [1.54, 1.807) is 34.4 Å². The van der Waals surface area contributed by atoms with Gasteiger partial charge in [-0.25, -0.2) is 4.79 Å². The molecule has 0 atom stereocenters. The van der Waals surface area contributed by atoms with E-state index in [1.807, 2.05) is 52.5 Å². The molecule has 0 radical (unpaired) electrons. The molecule has 3 heterocycles. The summed E-state index contributed by atoms with van der Waals surface area (Å²) >= 11 is 20.0. The van der Waals surface area contributed by atoms with Crippen molar-refractivity contribution in [3.05, 3.63) is 31.0 Å². The monoisotopic (exact) mass is 570 g/mol. The number of hydrogen-bond donors (Lipinski definition) is 0. The van der Waals surface area contributed by atoms with Crippen molar-refractivity contribution in [2.24, 2.45) is 0 Å². The van der Waals surface area contributed by atoms with Crippen LogP contribution >= 0.6 is 105 Å². The quantitative estimate of drug-likeness (QED) is 0.167. The Morgan fingerprint density at radius 2 is 1.63 bits per heavy atom. The molecule has 30 heavy (non-hydrogen) atoms. The van der Waals surface area contributed by atoms with Crippen molar-refractivity contribution in [1.29, 1.82) is 0 Å². The third kappa shape index (κ3) is 6.79. The molecule has 0 aliphatic carbocycles. The van der Waals surface area contributed by atoms with Gasteiger partial charge in [-0.2, -0.15) is 0 Å². The standard InChI is InChI=1S/C19H22O2S9/c1-4-6-8-23-16-17(24-9-7-5-2)30-19(29-16)18-27-12(14(22)28-18)15-25-10-11(26-15)13(20)21-3/h10H,4-9H2,1-3H3/b15-12-. The third-order valence-corrected chi connectivity index (χ3v) is 15.6. The number of esters is 1. The Bertz CT molecular complexity index is 992. The molecule has 0 N–H and O–H groups in total. The third-order valence-electron chi connectivity index (χ3n) is 3.78. The topological polar surface area (TPSA) is 26.3 Å². The SMILES string of the molecule is CCCCSC1=C(SCCCC)SC(=c2sc(=S)/c(=C3\SC=C(C(=O)OC)S3)s2)S1. The molecule has 11 heteroatoms. The predicted octanol–water partition coefficient (Wildman–Crippen LogP) is 7.84. The molecule has 3 rings (SSSR count). The van der Waals surface area contributed by atoms with Crippen LogP contribution in [0.3, 0.4) is 0 Å². The maximum absolute atomic E-state index is 11.8. The first-order valence-electron chi connectivity index (χ1n) is 9.44. The first-order chi connectivity index (χ1) is 14.6. The summed E-state index contributed by atoms with van der Waals surface area (Å²) in [6, 6.07) is 0. The summed E-state index contributed by atoms with van der Waals surface area (Å²) in [6.07, 6.45) is 4.98. The molecule has 2 nitrogen and oxygen atoms in total. The number of methoxy groups -OCH3 is 1. The molecule has 0 spiro atoms. The lowest BCUT2D eigenvalue weighted by atomic mass is 10.4. The van der Waals surface area contributed by atoms with Gasteiger partial charge in [0.25, 0.3) is 0 Å². The molecule has 1 aromatic rings. The second-order valence-electron chi connectivity index (χ2n) is 6.06. The fraction of sp³-hybridized carbons (Fsp3) is 0.474. The highest BCUT2D eigenvalue weighted by molar-refractivity contribution is 8.45. The van der Waals surface area contributed by atoms with E-state index in [4.69, 9.17) is 17.0 Å². The van der Waals surface area contributed by atoms with Crippen molar-refractivity contribution in [2.75, 3.05) is 18.6 Å². The summed E-state index contributed by atoms with van der Waals surface area (Å²) in [7, 11) is 1.42. The lowest BCUT2D eigenvalue weighted by molar-refractivity contribution is -0.135. The number of unbranched alkanes of at least 4 members (excludes halogenated alkanes) is 2. The smallest absolute Gasteiger partial charge is 0.345 e. The van der Waals surface area contributed by atoms with Crippen LogP contribution in [-0.2, 0) is 9.53 Å². The van der Waals surface area contributed by atoms with Crippen LogP contribution in [0.2, 0.25) is 0 Å². The van der Waals surface area contributed by atoms with Crippen LogP contribution in [0.1, 0.15) is 39.5 Å². The average Bonchev–Trinajstić information content (AvgIpc) is 3.46. The molecular weight excluding hydrogens is 549 g/mol. The summed E-state index contributed by atoms with van der Waals surface area (Å²) < 4.78 is 13.5. The minimum Gasteiger partial charge on any atom is -0.465 e. The normalized spacial score (nSPS) is 18.4. The first-order valence-corrected chi connectivity index (χ1v) is 16.8. The molecule has 1 aromatic heterocycles. The summed E-state index contributed by atoms with van der Waals surface area (Å²) in [5, 5.41) is 1.86. The van der Waals surface area contributed by atoms with Gasteiger partial charge < -0.3 is 4.74 Å². The van der Waals surface area contributed by atoms with Crippen molar-refractivity contribution in [3.63, 3.8) is 0 Å². The van der Waals surface area contributed by atoms with Gasteiger partial charge in [-0.1, -0.05) is 86.0 Å². The van der Waals surface area contributed by atoms with E-state index in [2.05, 4.69) is 13.8 Å². The highest BCUT2D eigenvalue weighted by Crippen LogP contribution is 2.58. The summed E-state index contributed by atoms with van der Waals surface area (Å²) in [4.78, 5) is 12.4. The maximum atomic E-state index is 11.8. The van der Waals surface area contributed by atoms with E-state index in [9.17, 15) is 4.79 Å². The van der Waals surface area contributed by atoms with E-state index < -0.39 is 0 Å². The van der Waals surface area contributed by atoms with Gasteiger partial charge in [0.1, 0.15) is 12.6 Å². The second-order valence-corrected chi connectivity index (χ2v) is 16.2. The van der Waals surface area contributed by atoms with Gasteiger partial charge in [-0.05, 0) is 29.8 Å². The Morgan fingerprint density at radius 1 is 1.00 bits per heavy atom. The second kappa shape index (κ2) is 13.1. The lowest BCUT2D eigenvalue weighted by Crippen LogP contribution is -2.00. The molecule has 0 aromatic carbocycles. The number of carbonyl (C=O) groups is 1. The number of thioether (sulfide) groups is 6. The van der Waals surface area contributed by atoms with E-state index in [0.717, 1.165) is 12.6 Å². The molecular formula is C19H22O2S9. The molecule has 2 aliphatic rings. The number of carbonyl (C=O) groups excluding carboxylic acids is 1. The molecule has 0 bridgehead atoms. The van der Waals surface area contributed by atoms with Crippen LogP contribution in [0, 0.1) is 3.82 Å². The zero-order chi connectivity index (χ0) is 21.5. The lowest BCUT2D eigenvalue weighted by Gasteiger charge is -2.03. The fourth-order valence-corrected chi connectivity index (χ4v) is 14.2. The van der Waals surface area contributed by atoms with Crippen LogP contribution < -0.4 is 8.38 Å². The Hall–Kier alpha value is 1.06. The molecule has 0 fully saturated rings. The highest BCUT2D eigenvalue weighted by Gasteiger charge is 2.24. The van der Waals surface area contributed by atoms with Crippen LogP contribution in [0.25, 0.3) is 8.47 Å². The van der Waals surface area contributed by atoms with Gasteiger partial charge in [0.2, 0.25) is 0 Å². The van der Waals surface area contributed by atoms with Gasteiger partial charge >= 0.3 is 5.97 Å². The summed E-state index contributed by atoms with van der Waals surface area (Å²) in [5.74, 6) is 2.09. The number of rotatable bonds is 9. The Balaban J connectivity index is 1.84. The zero-order valence-electron chi connectivity index (χ0n) is 16.8. The van der Waals surface area contributed by atoms with Gasteiger partial charge in [0, 0.05) is 0 Å². The van der Waals surface area contributed by atoms with Crippen molar-refractivity contribution < 1.29 is 9.53 Å². The van der Waals surface area contributed by atoms with E-state index in [0.29, 0.717) is 4.91 Å². The summed E-state index contributed by atoms with van der Waals surface area (Å²) in [5.41, 5.74) is 0. The van der Waals surface area contributed by atoms with E-state index in [1.165, 1.54) is 72.6 Å². The van der Waals surface area contributed by atoms with Crippen molar-refractivity contribution >= 4 is 120 Å². The van der Waals surface area contributed by atoms with E-state index in [-0.39, 0.29) is 5.97 Å². The van der Waals surface area contributed by atoms with Crippen LogP contribution in [-0.4, -0.2) is 24.6 Å². The van der Waals surface area contributed by atoms with Crippen molar-refractivity contribution in [2.45, 2.75) is 39.5 Å². The Labute approximate surface area is 216 Å². The molecule has 0 unspecified atom stereocenters. The largest absolute Gasteiger partial charge is 0.465 e. The Kier molecular flexibility index (Phi) is 11.2. The molecule has 0 saturated heterocycles. The van der Waals surface area contributed by atoms with Gasteiger partial charge in [0.05, 0.1) is 28.6 Å². The van der Waals surface area contributed by atoms with Crippen LogP contribution in [0.4, 0.5) is 0 Å². The van der Waals surface area contributed by atoms with Crippen molar-refractivity contribution in [1.82, 2.24) is 0 Å². The summed E-state index contributed by atoms with van der Waals surface area (Å²) in [6.45, 7) is 4.49. The van der Waals surface area contributed by atoms with Gasteiger partial charge in [-0.3, -0.25) is 0 Å². The molecule has 0 saturated carbocycles. The fourth-order valence-electron chi connectivity index (χ4n) is 2.19. The van der Waals surface area contributed by atoms with Gasteiger partial charge in [-0.15, -0.1) is 46.2 Å². The molecule has 0 amide bonds. The minimum atomic E-state index is -0.281. The maximum Gasteiger partial charge on any atom is 0.345 e.